The van der Waals surface area contributed by atoms with Gasteiger partial charge in [-0.3, -0.25) is 9.69 Å². The Hall–Kier alpha value is -1.97. The quantitative estimate of drug-likeness (QED) is 0.689. The fourth-order valence-corrected chi connectivity index (χ4v) is 1.35. The van der Waals surface area contributed by atoms with Gasteiger partial charge in [0.2, 0.25) is 0 Å². The average Bonchev–Trinajstić information content (AvgIpc) is 2.49. The van der Waals surface area contributed by atoms with Crippen LogP contribution >= 0.6 is 0 Å². The second kappa shape index (κ2) is 8.25. The molecule has 1 N–H and O–H groups in total. The first-order valence-electron chi connectivity index (χ1n) is 6.51. The Bertz CT molecular complexity index is 460. The molecule has 2 aromatic rings. The zero-order valence-corrected chi connectivity index (χ0v) is 12.2. The molecule has 0 aliphatic carbocycles. The van der Waals surface area contributed by atoms with Gasteiger partial charge < -0.3 is 5.11 Å². The average molecular weight is 271 g/mol. The van der Waals surface area contributed by atoms with Crippen molar-refractivity contribution in [2.24, 2.45) is 0 Å². The summed E-state index contributed by atoms with van der Waals surface area (Å²) in [5.74, 6) is 0.0752. The number of rotatable bonds is 3. The van der Waals surface area contributed by atoms with E-state index in [2.05, 4.69) is 0 Å². The van der Waals surface area contributed by atoms with Crippen molar-refractivity contribution >= 4 is 5.78 Å². The molecule has 1 atom stereocenters. The van der Waals surface area contributed by atoms with Crippen LogP contribution in [0.25, 0.3) is 0 Å². The number of ketones is 1. The van der Waals surface area contributed by atoms with E-state index < -0.39 is 0 Å². The maximum absolute atomic E-state index is 11.8. The minimum Gasteiger partial charge on any atom is -0.379 e. The predicted molar refractivity (Wildman–Crippen MR) is 81.7 cm³/mol. The summed E-state index contributed by atoms with van der Waals surface area (Å²) < 4.78 is 0. The molecular formula is C17H21NO2. The molecule has 0 aliphatic rings. The number of hydrogen-bond donors (Lipinski definition) is 1. The minimum atomic E-state index is -0.315. The summed E-state index contributed by atoms with van der Waals surface area (Å²) in [5, 5.41) is 8.56. The predicted octanol–water partition coefficient (Wildman–Crippen LogP) is 2.80. The Morgan fingerprint density at radius 1 is 0.900 bits per heavy atom. The number of aliphatic hydroxyl groups excluding tert-OH is 1. The minimum absolute atomic E-state index is 0.0752. The molecule has 0 bridgehead atoms. The summed E-state index contributed by atoms with van der Waals surface area (Å²) in [5.41, 5.74) is 1.47. The van der Waals surface area contributed by atoms with E-state index in [0.29, 0.717) is 0 Å². The van der Waals surface area contributed by atoms with Gasteiger partial charge >= 0.3 is 0 Å². The first-order valence-corrected chi connectivity index (χ1v) is 6.51. The van der Waals surface area contributed by atoms with Gasteiger partial charge in [-0.2, -0.15) is 0 Å². The van der Waals surface area contributed by atoms with Gasteiger partial charge in [-0.1, -0.05) is 60.7 Å². The lowest BCUT2D eigenvalue weighted by atomic mass is 10.0. The SMILES string of the molecule is CC(O)N(C)C.O=C(c1ccccc1)c1ccccc1. The monoisotopic (exact) mass is 271 g/mol. The van der Waals surface area contributed by atoms with Crippen LogP contribution in [-0.2, 0) is 0 Å². The topological polar surface area (TPSA) is 40.5 Å². The third-order valence-corrected chi connectivity index (χ3v) is 2.82. The van der Waals surface area contributed by atoms with Crippen LogP contribution < -0.4 is 0 Å². The second-order valence-corrected chi connectivity index (χ2v) is 4.66. The largest absolute Gasteiger partial charge is 0.379 e. The molecule has 0 radical (unpaired) electrons. The van der Waals surface area contributed by atoms with E-state index in [1.54, 1.807) is 11.8 Å². The summed E-state index contributed by atoms with van der Waals surface area (Å²) >= 11 is 0. The van der Waals surface area contributed by atoms with Gasteiger partial charge in [0.25, 0.3) is 0 Å². The number of nitrogens with zero attached hydrogens (tertiary/aromatic N) is 1. The normalized spacial score (nSPS) is 11.4. The Morgan fingerprint density at radius 2 is 1.20 bits per heavy atom. The molecule has 0 fully saturated rings. The van der Waals surface area contributed by atoms with Gasteiger partial charge in [-0.25, -0.2) is 0 Å². The fourth-order valence-electron chi connectivity index (χ4n) is 1.35. The van der Waals surface area contributed by atoms with E-state index in [1.807, 2.05) is 74.8 Å². The number of aliphatic hydroxyl groups is 1. The molecular weight excluding hydrogens is 250 g/mol. The molecule has 3 nitrogen and oxygen atoms in total. The van der Waals surface area contributed by atoms with E-state index in [-0.39, 0.29) is 12.0 Å². The third-order valence-electron chi connectivity index (χ3n) is 2.82. The van der Waals surface area contributed by atoms with Gasteiger partial charge in [-0.15, -0.1) is 0 Å². The van der Waals surface area contributed by atoms with Crippen LogP contribution in [0.5, 0.6) is 0 Å². The van der Waals surface area contributed by atoms with Crippen LogP contribution in [-0.4, -0.2) is 36.1 Å². The van der Waals surface area contributed by atoms with Gasteiger partial charge in [-0.05, 0) is 21.0 Å². The Labute approximate surface area is 120 Å². The molecule has 2 rings (SSSR count). The Kier molecular flexibility index (Phi) is 6.64. The lowest BCUT2D eigenvalue weighted by molar-refractivity contribution is 0.0578. The zero-order chi connectivity index (χ0) is 15.0. The van der Waals surface area contributed by atoms with Crippen LogP contribution in [0, 0.1) is 0 Å². The Morgan fingerprint density at radius 3 is 1.45 bits per heavy atom. The summed E-state index contributed by atoms with van der Waals surface area (Å²) in [7, 11) is 3.65. The van der Waals surface area contributed by atoms with Crippen molar-refractivity contribution in [1.82, 2.24) is 4.90 Å². The maximum atomic E-state index is 11.8. The van der Waals surface area contributed by atoms with Gasteiger partial charge in [0.05, 0.1) is 0 Å². The standard InChI is InChI=1S/C13H10O.C4H11NO/c14-13(11-7-3-1-4-8-11)12-9-5-2-6-10-12;1-4(6)5(2)3/h1-10H;4,6H,1-3H3. The molecule has 0 heterocycles. The maximum Gasteiger partial charge on any atom is 0.193 e. The molecule has 3 heteroatoms. The highest BCUT2D eigenvalue weighted by atomic mass is 16.3. The molecule has 0 amide bonds. The van der Waals surface area contributed by atoms with Crippen LogP contribution in [0.4, 0.5) is 0 Å². The summed E-state index contributed by atoms with van der Waals surface area (Å²) in [6, 6.07) is 18.6. The van der Waals surface area contributed by atoms with Crippen LogP contribution in [0.15, 0.2) is 60.7 Å². The van der Waals surface area contributed by atoms with Crippen molar-refractivity contribution in [3.8, 4) is 0 Å². The van der Waals surface area contributed by atoms with Crippen LogP contribution in [0.3, 0.4) is 0 Å². The number of carbonyl (C=O) groups is 1. The number of hydrogen-bond acceptors (Lipinski definition) is 3. The highest BCUT2D eigenvalue weighted by Crippen LogP contribution is 2.08. The van der Waals surface area contributed by atoms with Crippen molar-refractivity contribution < 1.29 is 9.90 Å². The van der Waals surface area contributed by atoms with Crippen molar-refractivity contribution in [1.29, 1.82) is 0 Å². The van der Waals surface area contributed by atoms with Crippen molar-refractivity contribution in [2.75, 3.05) is 14.1 Å². The lowest BCUT2D eigenvalue weighted by Crippen LogP contribution is -2.23. The summed E-state index contributed by atoms with van der Waals surface area (Å²) in [4.78, 5) is 13.6. The van der Waals surface area contributed by atoms with Crippen molar-refractivity contribution in [2.45, 2.75) is 13.2 Å². The molecule has 2 aromatic carbocycles. The molecule has 0 saturated carbocycles. The fraction of sp³-hybridized carbons (Fsp3) is 0.235. The molecule has 0 saturated heterocycles. The van der Waals surface area contributed by atoms with E-state index in [1.165, 1.54) is 0 Å². The lowest BCUT2D eigenvalue weighted by Gasteiger charge is -2.11. The molecule has 106 valence electrons. The van der Waals surface area contributed by atoms with E-state index in [9.17, 15) is 4.79 Å². The van der Waals surface area contributed by atoms with Gasteiger partial charge in [0.1, 0.15) is 6.23 Å². The highest BCUT2D eigenvalue weighted by Gasteiger charge is 2.06. The molecule has 0 spiro atoms. The highest BCUT2D eigenvalue weighted by molar-refractivity contribution is 6.08. The first-order chi connectivity index (χ1) is 9.52. The van der Waals surface area contributed by atoms with E-state index in [4.69, 9.17) is 5.11 Å². The summed E-state index contributed by atoms with van der Waals surface area (Å²) in [6.07, 6.45) is -0.315. The van der Waals surface area contributed by atoms with E-state index >= 15 is 0 Å². The van der Waals surface area contributed by atoms with Gasteiger partial charge in [0, 0.05) is 11.1 Å². The second-order valence-electron chi connectivity index (χ2n) is 4.66. The molecule has 1 unspecified atom stereocenters. The summed E-state index contributed by atoms with van der Waals surface area (Å²) in [6.45, 7) is 1.72. The van der Waals surface area contributed by atoms with Crippen molar-refractivity contribution in [3.63, 3.8) is 0 Å². The number of benzene rings is 2. The number of carbonyl (C=O) groups excluding carboxylic acids is 1. The Balaban J connectivity index is 0.000000286. The van der Waals surface area contributed by atoms with Gasteiger partial charge in [0.15, 0.2) is 5.78 Å². The van der Waals surface area contributed by atoms with Crippen LogP contribution in [0.1, 0.15) is 22.8 Å². The smallest absolute Gasteiger partial charge is 0.193 e. The molecule has 20 heavy (non-hydrogen) atoms. The van der Waals surface area contributed by atoms with Crippen molar-refractivity contribution in [3.05, 3.63) is 71.8 Å². The molecule has 0 aromatic heterocycles. The third kappa shape index (κ3) is 5.34. The molecule has 0 aliphatic heterocycles. The van der Waals surface area contributed by atoms with Crippen LogP contribution in [0.2, 0.25) is 0 Å². The van der Waals surface area contributed by atoms with E-state index in [0.717, 1.165) is 11.1 Å². The zero-order valence-electron chi connectivity index (χ0n) is 12.2. The first kappa shape index (κ1) is 16.1.